The van der Waals surface area contributed by atoms with Crippen LogP contribution in [0.25, 0.3) is 0 Å². The van der Waals surface area contributed by atoms with Crippen molar-refractivity contribution in [1.82, 2.24) is 9.97 Å². The van der Waals surface area contributed by atoms with Crippen molar-refractivity contribution in [2.24, 2.45) is 0 Å². The Morgan fingerprint density at radius 1 is 1.33 bits per heavy atom. The van der Waals surface area contributed by atoms with Gasteiger partial charge in [0, 0.05) is 11.9 Å². The molecule has 1 heterocycles. The summed E-state index contributed by atoms with van der Waals surface area (Å²) in [5.74, 6) is -0.698. The van der Waals surface area contributed by atoms with Gasteiger partial charge in [0.25, 0.3) is 11.5 Å². The molecule has 108 valence electrons. The minimum absolute atomic E-state index is 0.107. The van der Waals surface area contributed by atoms with E-state index in [9.17, 15) is 14.4 Å². The van der Waals surface area contributed by atoms with Gasteiger partial charge in [-0.25, -0.2) is 9.78 Å². The van der Waals surface area contributed by atoms with Crippen LogP contribution in [-0.2, 0) is 4.74 Å². The highest BCUT2D eigenvalue weighted by atomic mass is 16.5. The fourth-order valence-electron chi connectivity index (χ4n) is 1.69. The molecule has 0 spiro atoms. The van der Waals surface area contributed by atoms with E-state index >= 15 is 0 Å². The first-order valence-electron chi connectivity index (χ1n) is 6.07. The fourth-order valence-corrected chi connectivity index (χ4v) is 1.69. The Hall–Kier alpha value is -2.96. The minimum atomic E-state index is -0.606. The van der Waals surface area contributed by atoms with E-state index in [0.717, 1.165) is 0 Å². The second-order valence-electron chi connectivity index (χ2n) is 4.24. The van der Waals surface area contributed by atoms with Crippen molar-refractivity contribution < 1.29 is 14.3 Å². The topological polar surface area (TPSA) is 101 Å². The second kappa shape index (κ2) is 6.00. The molecule has 0 aliphatic heterocycles. The molecule has 0 atom stereocenters. The van der Waals surface area contributed by atoms with Gasteiger partial charge in [0.15, 0.2) is 0 Å². The number of aryl methyl sites for hydroxylation is 1. The number of H-pyrrole nitrogens is 1. The summed E-state index contributed by atoms with van der Waals surface area (Å²) in [6.07, 6.45) is 1.20. The van der Waals surface area contributed by atoms with E-state index in [1.165, 1.54) is 19.4 Å². The molecule has 7 nitrogen and oxygen atoms in total. The summed E-state index contributed by atoms with van der Waals surface area (Å²) in [4.78, 5) is 41.4. The van der Waals surface area contributed by atoms with Crippen molar-refractivity contribution in [3.8, 4) is 0 Å². The first-order chi connectivity index (χ1) is 10.0. The Morgan fingerprint density at radius 2 is 2.10 bits per heavy atom. The molecule has 7 heteroatoms. The number of ether oxygens (including phenoxy) is 1. The van der Waals surface area contributed by atoms with Crippen molar-refractivity contribution in [1.29, 1.82) is 0 Å². The maximum Gasteiger partial charge on any atom is 0.337 e. The van der Waals surface area contributed by atoms with Gasteiger partial charge in [-0.05, 0) is 25.1 Å². The van der Waals surface area contributed by atoms with Gasteiger partial charge in [0.1, 0.15) is 11.4 Å². The zero-order valence-corrected chi connectivity index (χ0v) is 11.5. The number of nitrogens with one attached hydrogen (secondary N) is 2. The van der Waals surface area contributed by atoms with Gasteiger partial charge < -0.3 is 15.0 Å². The van der Waals surface area contributed by atoms with Gasteiger partial charge in [0.05, 0.1) is 12.7 Å². The van der Waals surface area contributed by atoms with Crippen molar-refractivity contribution >= 4 is 17.6 Å². The van der Waals surface area contributed by atoms with E-state index < -0.39 is 17.4 Å². The summed E-state index contributed by atoms with van der Waals surface area (Å²) in [5.41, 5.74) is 0.0438. The Bertz CT molecular complexity index is 752. The molecule has 1 amide bonds. The Kier molecular flexibility index (Phi) is 4.13. The van der Waals surface area contributed by atoms with Gasteiger partial charge in [-0.2, -0.15) is 0 Å². The van der Waals surface area contributed by atoms with Crippen LogP contribution in [0.3, 0.4) is 0 Å². The lowest BCUT2D eigenvalue weighted by Crippen LogP contribution is -2.24. The summed E-state index contributed by atoms with van der Waals surface area (Å²) < 4.78 is 4.60. The van der Waals surface area contributed by atoms with Crippen LogP contribution >= 0.6 is 0 Å². The molecule has 2 aromatic rings. The van der Waals surface area contributed by atoms with Crippen LogP contribution in [-0.4, -0.2) is 29.0 Å². The quantitative estimate of drug-likeness (QED) is 0.824. The van der Waals surface area contributed by atoms with E-state index in [2.05, 4.69) is 20.0 Å². The molecule has 0 aliphatic rings. The monoisotopic (exact) mass is 287 g/mol. The van der Waals surface area contributed by atoms with Gasteiger partial charge in [-0.1, -0.05) is 6.07 Å². The molecule has 0 unspecified atom stereocenters. The normalized spacial score (nSPS) is 10.0. The number of rotatable bonds is 3. The summed E-state index contributed by atoms with van der Waals surface area (Å²) in [5, 5.41) is 2.53. The zero-order valence-electron chi connectivity index (χ0n) is 11.5. The van der Waals surface area contributed by atoms with Crippen LogP contribution in [0.4, 0.5) is 5.69 Å². The van der Waals surface area contributed by atoms with Crippen LogP contribution in [0.5, 0.6) is 0 Å². The van der Waals surface area contributed by atoms with Crippen molar-refractivity contribution in [3.63, 3.8) is 0 Å². The molecule has 1 aromatic carbocycles. The third-order valence-corrected chi connectivity index (χ3v) is 2.71. The Labute approximate surface area is 120 Å². The fraction of sp³-hybridized carbons (Fsp3) is 0.143. The number of hydrogen-bond acceptors (Lipinski definition) is 5. The molecular weight excluding hydrogens is 274 g/mol. The highest BCUT2D eigenvalue weighted by Crippen LogP contribution is 2.12. The largest absolute Gasteiger partial charge is 0.465 e. The lowest BCUT2D eigenvalue weighted by Gasteiger charge is -2.06. The highest BCUT2D eigenvalue weighted by Gasteiger charge is 2.12. The smallest absolute Gasteiger partial charge is 0.337 e. The zero-order chi connectivity index (χ0) is 15.4. The average Bonchev–Trinajstić information content (AvgIpc) is 2.46. The predicted octanol–water partition coefficient (Wildman–Crippen LogP) is 1.12. The van der Waals surface area contributed by atoms with Crippen LogP contribution in [0.1, 0.15) is 26.5 Å². The first-order valence-corrected chi connectivity index (χ1v) is 6.07. The third-order valence-electron chi connectivity index (χ3n) is 2.71. The van der Waals surface area contributed by atoms with E-state index in [0.29, 0.717) is 17.1 Å². The van der Waals surface area contributed by atoms with Crippen LogP contribution in [0.2, 0.25) is 0 Å². The Morgan fingerprint density at radius 3 is 2.76 bits per heavy atom. The third kappa shape index (κ3) is 3.33. The van der Waals surface area contributed by atoms with Crippen LogP contribution in [0.15, 0.2) is 35.3 Å². The number of methoxy groups -OCH3 is 1. The summed E-state index contributed by atoms with van der Waals surface area (Å²) in [6.45, 7) is 1.61. The molecule has 1 aromatic heterocycles. The van der Waals surface area contributed by atoms with E-state index in [-0.39, 0.29) is 5.56 Å². The van der Waals surface area contributed by atoms with Gasteiger partial charge in [-0.15, -0.1) is 0 Å². The highest BCUT2D eigenvalue weighted by molar-refractivity contribution is 6.04. The number of anilines is 1. The number of carbonyl (C=O) groups excluding carboxylic acids is 2. The van der Waals surface area contributed by atoms with Crippen molar-refractivity contribution in [2.45, 2.75) is 6.92 Å². The molecule has 21 heavy (non-hydrogen) atoms. The number of aromatic nitrogens is 2. The molecule has 0 bridgehead atoms. The number of aromatic amines is 1. The summed E-state index contributed by atoms with van der Waals surface area (Å²) in [6, 6.07) is 6.21. The van der Waals surface area contributed by atoms with Crippen LogP contribution in [0, 0.1) is 6.92 Å². The van der Waals surface area contributed by atoms with Crippen LogP contribution < -0.4 is 10.9 Å². The van der Waals surface area contributed by atoms with E-state index in [1.54, 1.807) is 25.1 Å². The van der Waals surface area contributed by atoms with Crippen molar-refractivity contribution in [2.75, 3.05) is 12.4 Å². The number of amides is 1. The molecule has 0 aliphatic carbocycles. The standard InChI is InChI=1S/C14H13N3O4/c1-8-15-7-11(12(18)16-8)13(19)17-10-5-3-4-9(6-10)14(20)21-2/h3-7H,1-2H3,(H,17,19)(H,15,16,18). The van der Waals surface area contributed by atoms with Gasteiger partial charge >= 0.3 is 5.97 Å². The maximum absolute atomic E-state index is 12.0. The molecule has 0 saturated carbocycles. The number of benzene rings is 1. The average molecular weight is 287 g/mol. The Balaban J connectivity index is 2.23. The van der Waals surface area contributed by atoms with Crippen molar-refractivity contribution in [3.05, 3.63) is 57.8 Å². The molecule has 0 fully saturated rings. The minimum Gasteiger partial charge on any atom is -0.465 e. The lowest BCUT2D eigenvalue weighted by molar-refractivity contribution is 0.0600. The number of nitrogens with zero attached hydrogens (tertiary/aromatic N) is 1. The number of hydrogen-bond donors (Lipinski definition) is 2. The SMILES string of the molecule is COC(=O)c1cccc(NC(=O)c2cnc(C)[nH]c2=O)c1. The molecule has 0 saturated heterocycles. The van der Waals surface area contributed by atoms with E-state index in [1.807, 2.05) is 0 Å². The predicted molar refractivity (Wildman–Crippen MR) is 75.3 cm³/mol. The van der Waals surface area contributed by atoms with Gasteiger partial charge in [0.2, 0.25) is 0 Å². The lowest BCUT2D eigenvalue weighted by atomic mass is 10.2. The molecule has 0 radical (unpaired) electrons. The van der Waals surface area contributed by atoms with E-state index in [4.69, 9.17) is 0 Å². The maximum atomic E-state index is 12.0. The van der Waals surface area contributed by atoms with Gasteiger partial charge in [-0.3, -0.25) is 9.59 Å². The second-order valence-corrected chi connectivity index (χ2v) is 4.24. The molecule has 2 N–H and O–H groups in total. The number of esters is 1. The molecule has 2 rings (SSSR count). The number of carbonyl (C=O) groups is 2. The first kappa shape index (κ1) is 14.4. The summed E-state index contributed by atoms with van der Waals surface area (Å²) in [7, 11) is 1.27. The molecular formula is C14H13N3O4. The summed E-state index contributed by atoms with van der Waals surface area (Å²) >= 11 is 0.